The maximum Gasteiger partial charge on any atom is 0.125 e. The zero-order valence-corrected chi connectivity index (χ0v) is 9.50. The number of aromatic nitrogens is 1. The van der Waals surface area contributed by atoms with Gasteiger partial charge in [0.05, 0.1) is 0 Å². The van der Waals surface area contributed by atoms with E-state index >= 15 is 0 Å². The maximum atomic E-state index is 13.2. The minimum absolute atomic E-state index is 0.223. The molecule has 0 aliphatic heterocycles. The molecule has 16 heavy (non-hydrogen) atoms. The molecule has 0 unspecified atom stereocenters. The highest BCUT2D eigenvalue weighted by Gasteiger charge is 2.09. The maximum absolute atomic E-state index is 13.2. The van der Waals surface area contributed by atoms with Gasteiger partial charge in [-0.25, -0.2) is 4.39 Å². The monoisotopic (exact) mass is 218 g/mol. The topological polar surface area (TPSA) is 30.9 Å². The molecule has 0 spiro atoms. The Morgan fingerprint density at radius 2 is 2.00 bits per heavy atom. The van der Waals surface area contributed by atoms with Gasteiger partial charge in [0, 0.05) is 23.6 Å². The van der Waals surface area contributed by atoms with Crippen LogP contribution in [0.3, 0.4) is 0 Å². The number of aryl methyl sites for hydroxylation is 1. The number of hydrogen-bond donors (Lipinski definition) is 1. The smallest absolute Gasteiger partial charge is 0.125 e. The van der Waals surface area contributed by atoms with Crippen molar-refractivity contribution in [1.29, 1.82) is 0 Å². The van der Waals surface area contributed by atoms with E-state index in [1.165, 1.54) is 12.1 Å². The summed E-state index contributed by atoms with van der Waals surface area (Å²) in [5.74, 6) is -0.223. The lowest BCUT2D eigenvalue weighted by Gasteiger charge is -2.09. The molecule has 1 heterocycles. The van der Waals surface area contributed by atoms with Crippen LogP contribution in [0.2, 0.25) is 0 Å². The summed E-state index contributed by atoms with van der Waals surface area (Å²) in [7, 11) is 0. The fraction of sp³-hybridized carbons (Fsp3) is 0.231. The average Bonchev–Trinajstić information content (AvgIpc) is 2.53. The first-order valence-corrected chi connectivity index (χ1v) is 5.27. The van der Waals surface area contributed by atoms with Crippen LogP contribution >= 0.6 is 0 Å². The van der Waals surface area contributed by atoms with Crippen molar-refractivity contribution in [3.8, 4) is 5.69 Å². The molecule has 0 saturated carbocycles. The van der Waals surface area contributed by atoms with Crippen LogP contribution in [0.25, 0.3) is 5.69 Å². The molecule has 3 heteroatoms. The molecule has 0 fully saturated rings. The predicted octanol–water partition coefficient (Wildman–Crippen LogP) is 2.69. The Kier molecular flexibility index (Phi) is 2.79. The van der Waals surface area contributed by atoms with Gasteiger partial charge >= 0.3 is 0 Å². The largest absolute Gasteiger partial charge is 0.326 e. The quantitative estimate of drug-likeness (QED) is 0.825. The van der Waals surface area contributed by atoms with E-state index < -0.39 is 0 Å². The van der Waals surface area contributed by atoms with E-state index in [4.69, 9.17) is 5.73 Å². The molecule has 0 saturated heterocycles. The van der Waals surface area contributed by atoms with Crippen molar-refractivity contribution in [3.05, 3.63) is 53.1 Å². The Hall–Kier alpha value is -1.61. The summed E-state index contributed by atoms with van der Waals surface area (Å²) in [6.45, 7) is 4.51. The van der Waals surface area contributed by atoms with Gasteiger partial charge in [-0.3, -0.25) is 0 Å². The van der Waals surface area contributed by atoms with E-state index in [0.717, 1.165) is 22.6 Å². The van der Waals surface area contributed by atoms with Crippen molar-refractivity contribution in [2.75, 3.05) is 0 Å². The zero-order valence-electron chi connectivity index (χ0n) is 9.50. The number of nitrogens with two attached hydrogens (primary N) is 1. The molecule has 0 bridgehead atoms. The lowest BCUT2D eigenvalue weighted by Crippen LogP contribution is -2.02. The molecule has 0 aliphatic rings. The lowest BCUT2D eigenvalue weighted by atomic mass is 10.2. The number of nitrogens with zero attached hydrogens (tertiary/aromatic N) is 1. The van der Waals surface area contributed by atoms with Crippen molar-refractivity contribution in [2.24, 2.45) is 5.73 Å². The van der Waals surface area contributed by atoms with Crippen LogP contribution in [-0.2, 0) is 6.54 Å². The Morgan fingerprint density at radius 1 is 1.25 bits per heavy atom. The molecule has 1 aromatic heterocycles. The fourth-order valence-corrected chi connectivity index (χ4v) is 2.05. The van der Waals surface area contributed by atoms with E-state index in [0.29, 0.717) is 6.54 Å². The molecule has 2 nitrogen and oxygen atoms in total. The van der Waals surface area contributed by atoms with Gasteiger partial charge in [-0.1, -0.05) is 6.07 Å². The van der Waals surface area contributed by atoms with Crippen LogP contribution < -0.4 is 5.73 Å². The second-order valence-electron chi connectivity index (χ2n) is 3.92. The molecule has 0 radical (unpaired) electrons. The molecule has 0 atom stereocenters. The third-order valence-corrected chi connectivity index (χ3v) is 2.82. The van der Waals surface area contributed by atoms with Crippen LogP contribution in [0.5, 0.6) is 0 Å². The molecule has 2 N–H and O–H groups in total. The molecule has 0 aliphatic carbocycles. The number of benzene rings is 1. The van der Waals surface area contributed by atoms with Crippen molar-refractivity contribution in [3.63, 3.8) is 0 Å². The zero-order chi connectivity index (χ0) is 11.7. The highest BCUT2D eigenvalue weighted by Crippen LogP contribution is 2.20. The Bertz CT molecular complexity index is 515. The van der Waals surface area contributed by atoms with E-state index in [-0.39, 0.29) is 5.82 Å². The summed E-state index contributed by atoms with van der Waals surface area (Å²) >= 11 is 0. The highest BCUT2D eigenvalue weighted by molar-refractivity contribution is 5.41. The minimum Gasteiger partial charge on any atom is -0.326 e. The first-order chi connectivity index (χ1) is 7.63. The van der Waals surface area contributed by atoms with Crippen LogP contribution in [0.1, 0.15) is 17.0 Å². The Labute approximate surface area is 94.5 Å². The van der Waals surface area contributed by atoms with E-state index in [2.05, 4.69) is 0 Å². The van der Waals surface area contributed by atoms with Crippen molar-refractivity contribution in [1.82, 2.24) is 4.57 Å². The van der Waals surface area contributed by atoms with Gasteiger partial charge in [0.2, 0.25) is 0 Å². The van der Waals surface area contributed by atoms with Gasteiger partial charge in [0.25, 0.3) is 0 Å². The summed E-state index contributed by atoms with van der Waals surface area (Å²) in [5.41, 5.74) is 9.74. The molecule has 2 rings (SSSR count). The van der Waals surface area contributed by atoms with Crippen LogP contribution in [0, 0.1) is 19.7 Å². The highest BCUT2D eigenvalue weighted by atomic mass is 19.1. The standard InChI is InChI=1S/C13H15FN2/c1-9-6-11(8-15)10(2)16(9)13-5-3-4-12(14)7-13/h3-7H,8,15H2,1-2H3. The van der Waals surface area contributed by atoms with E-state index in [1.54, 1.807) is 6.07 Å². The van der Waals surface area contributed by atoms with Crippen LogP contribution in [-0.4, -0.2) is 4.57 Å². The average molecular weight is 218 g/mol. The van der Waals surface area contributed by atoms with Gasteiger partial charge in [-0.05, 0) is 43.7 Å². The summed E-state index contributed by atoms with van der Waals surface area (Å²) in [4.78, 5) is 0. The summed E-state index contributed by atoms with van der Waals surface area (Å²) < 4.78 is 15.2. The third kappa shape index (κ3) is 1.74. The van der Waals surface area contributed by atoms with Crippen LogP contribution in [0.4, 0.5) is 4.39 Å². The van der Waals surface area contributed by atoms with Gasteiger partial charge in [0.1, 0.15) is 5.82 Å². The van der Waals surface area contributed by atoms with Crippen LogP contribution in [0.15, 0.2) is 30.3 Å². The molecular weight excluding hydrogens is 203 g/mol. The fourth-order valence-electron chi connectivity index (χ4n) is 2.05. The molecule has 0 amide bonds. The Balaban J connectivity index is 2.60. The summed E-state index contributed by atoms with van der Waals surface area (Å²) in [6.07, 6.45) is 0. The second kappa shape index (κ2) is 4.10. The van der Waals surface area contributed by atoms with E-state index in [9.17, 15) is 4.39 Å². The molecule has 2 aromatic rings. The number of halogens is 1. The minimum atomic E-state index is -0.223. The first-order valence-electron chi connectivity index (χ1n) is 5.27. The third-order valence-electron chi connectivity index (χ3n) is 2.82. The lowest BCUT2D eigenvalue weighted by molar-refractivity contribution is 0.626. The summed E-state index contributed by atoms with van der Waals surface area (Å²) in [5, 5.41) is 0. The SMILES string of the molecule is Cc1cc(CN)c(C)n1-c1cccc(F)c1. The van der Waals surface area contributed by atoms with Gasteiger partial charge < -0.3 is 10.3 Å². The van der Waals surface area contributed by atoms with Crippen molar-refractivity contribution < 1.29 is 4.39 Å². The summed E-state index contributed by atoms with van der Waals surface area (Å²) in [6, 6.07) is 8.62. The normalized spacial score (nSPS) is 10.8. The van der Waals surface area contributed by atoms with Gasteiger partial charge in [-0.15, -0.1) is 0 Å². The predicted molar refractivity (Wildman–Crippen MR) is 63.1 cm³/mol. The number of rotatable bonds is 2. The van der Waals surface area contributed by atoms with Crippen molar-refractivity contribution in [2.45, 2.75) is 20.4 Å². The van der Waals surface area contributed by atoms with Crippen molar-refractivity contribution >= 4 is 0 Å². The Morgan fingerprint density at radius 3 is 2.56 bits per heavy atom. The molecule has 84 valence electrons. The first kappa shape index (κ1) is 10.9. The van der Waals surface area contributed by atoms with Gasteiger partial charge in [0.15, 0.2) is 0 Å². The number of hydrogen-bond acceptors (Lipinski definition) is 1. The van der Waals surface area contributed by atoms with E-state index in [1.807, 2.05) is 30.5 Å². The van der Waals surface area contributed by atoms with Gasteiger partial charge in [-0.2, -0.15) is 0 Å². The molecule has 1 aromatic carbocycles. The second-order valence-corrected chi connectivity index (χ2v) is 3.92. The molecular formula is C13H15FN2.